The van der Waals surface area contributed by atoms with E-state index >= 15 is 4.39 Å². The summed E-state index contributed by atoms with van der Waals surface area (Å²) in [7, 11) is 0. The van der Waals surface area contributed by atoms with Gasteiger partial charge in [0.1, 0.15) is 23.9 Å². The van der Waals surface area contributed by atoms with Gasteiger partial charge in [0.15, 0.2) is 5.60 Å². The van der Waals surface area contributed by atoms with E-state index in [0.717, 1.165) is 52.6 Å². The quantitative estimate of drug-likeness (QED) is 0.218. The van der Waals surface area contributed by atoms with E-state index in [-0.39, 0.29) is 37.2 Å². The molecule has 0 radical (unpaired) electrons. The Morgan fingerprint density at radius 1 is 1.10 bits per heavy atom. The van der Waals surface area contributed by atoms with Gasteiger partial charge in [-0.15, -0.1) is 0 Å². The van der Waals surface area contributed by atoms with Crippen molar-refractivity contribution in [3.8, 4) is 11.4 Å². The number of likely N-dealkylation sites (tertiary alicyclic amines) is 2. The van der Waals surface area contributed by atoms with Crippen molar-refractivity contribution in [1.29, 1.82) is 0 Å². The average molecular weight is 715 g/mol. The summed E-state index contributed by atoms with van der Waals surface area (Å²) < 4.78 is 73.0. The van der Waals surface area contributed by atoms with E-state index in [9.17, 15) is 32.6 Å². The third-order valence-corrected chi connectivity index (χ3v) is 11.7. The first-order chi connectivity index (χ1) is 24.2. The Morgan fingerprint density at radius 2 is 1.82 bits per heavy atom. The van der Waals surface area contributed by atoms with E-state index in [1.165, 1.54) is 11.0 Å². The number of alkyl halides is 4. The summed E-state index contributed by atoms with van der Waals surface area (Å²) in [6.45, 7) is 3.85. The van der Waals surface area contributed by atoms with Gasteiger partial charge in [-0.3, -0.25) is 9.69 Å². The molecule has 51 heavy (non-hydrogen) atoms. The molecule has 0 spiro atoms. The summed E-state index contributed by atoms with van der Waals surface area (Å²) in [4.78, 5) is 16.6. The number of rotatable bonds is 7. The number of aryl methyl sites for hydroxylation is 1. The summed E-state index contributed by atoms with van der Waals surface area (Å²) >= 11 is 0. The van der Waals surface area contributed by atoms with E-state index in [4.69, 9.17) is 10.8 Å². The highest BCUT2D eigenvalue weighted by Crippen LogP contribution is 2.50. The predicted octanol–water partition coefficient (Wildman–Crippen LogP) is 5.53. The molecule has 5 heterocycles. The van der Waals surface area contributed by atoms with Crippen LogP contribution >= 0.6 is 0 Å². The van der Waals surface area contributed by atoms with Crippen molar-refractivity contribution in [2.75, 3.05) is 26.2 Å². The number of carbonyl (C=O) groups is 1. The van der Waals surface area contributed by atoms with Crippen LogP contribution in [0.4, 0.5) is 22.0 Å². The molecule has 3 atom stereocenters. The number of pyridine rings is 1. The zero-order valence-electron chi connectivity index (χ0n) is 28.4. The van der Waals surface area contributed by atoms with Crippen LogP contribution in [0.1, 0.15) is 72.3 Å². The largest absolute Gasteiger partial charge is 0.417 e. The molecule has 4 fully saturated rings. The predicted molar refractivity (Wildman–Crippen MR) is 180 cm³/mol. The number of aromatic nitrogens is 3. The molecule has 1 unspecified atom stereocenters. The fraction of sp³-hybridized carbons (Fsp3) is 0.568. The van der Waals surface area contributed by atoms with Gasteiger partial charge in [-0.05, 0) is 99.6 Å². The third-order valence-electron chi connectivity index (χ3n) is 11.7. The molecule has 2 saturated carbocycles. The normalized spacial score (nSPS) is 27.3. The Hall–Kier alpha value is -3.59. The van der Waals surface area contributed by atoms with Crippen LogP contribution in [0.15, 0.2) is 36.5 Å². The van der Waals surface area contributed by atoms with Crippen LogP contribution < -0.4 is 5.73 Å². The van der Waals surface area contributed by atoms with Gasteiger partial charge >= 0.3 is 6.18 Å². The highest BCUT2D eigenvalue weighted by Gasteiger charge is 2.62. The number of hydrogen-bond donors (Lipinski definition) is 3. The molecule has 4 aliphatic rings. The Labute approximate surface area is 291 Å². The third kappa shape index (κ3) is 6.21. The lowest BCUT2D eigenvalue weighted by Gasteiger charge is -2.49. The fourth-order valence-electron chi connectivity index (χ4n) is 8.65. The van der Waals surface area contributed by atoms with Crippen LogP contribution in [0.25, 0.3) is 27.8 Å². The molecular formula is C37H43F5N6O3. The highest BCUT2D eigenvalue weighted by atomic mass is 19.4. The summed E-state index contributed by atoms with van der Waals surface area (Å²) in [5.41, 5.74) is 8.68. The lowest BCUT2D eigenvalue weighted by Crippen LogP contribution is -2.60. The van der Waals surface area contributed by atoms with Crippen LogP contribution in [-0.4, -0.2) is 96.5 Å². The van der Waals surface area contributed by atoms with Gasteiger partial charge in [0.2, 0.25) is 0 Å². The minimum absolute atomic E-state index is 0.000545. The number of amides is 1. The molecule has 2 aliphatic carbocycles. The van der Waals surface area contributed by atoms with E-state index in [1.54, 1.807) is 27.7 Å². The molecule has 9 nitrogen and oxygen atoms in total. The van der Waals surface area contributed by atoms with Gasteiger partial charge in [-0.25, -0.2) is 13.3 Å². The van der Waals surface area contributed by atoms with Crippen molar-refractivity contribution in [2.24, 2.45) is 17.6 Å². The molecule has 1 aromatic carbocycles. The van der Waals surface area contributed by atoms with Crippen molar-refractivity contribution in [3.05, 3.63) is 59.0 Å². The maximum atomic E-state index is 15.3. The second kappa shape index (κ2) is 12.5. The average Bonchev–Trinajstić information content (AvgIpc) is 3.74. The minimum Gasteiger partial charge on any atom is -0.380 e. The Bertz CT molecular complexity index is 1960. The van der Waals surface area contributed by atoms with Crippen LogP contribution in [0.5, 0.6) is 0 Å². The lowest BCUT2D eigenvalue weighted by atomic mass is 9.69. The SMILES string of the molecule is Cc1c(-c2cc3cc(F)cc(C4CCN(C(O)C5CC(O)(C(F)(F)F)C5)CC4)c3n2CC2CC2)nn2cc(C(=O)N3C[C@H](N)C[C@@H](F)C3)ccc12. The van der Waals surface area contributed by atoms with Gasteiger partial charge in [-0.2, -0.15) is 18.3 Å². The van der Waals surface area contributed by atoms with Crippen molar-refractivity contribution >= 4 is 22.3 Å². The van der Waals surface area contributed by atoms with E-state index in [2.05, 4.69) is 4.57 Å². The Balaban J connectivity index is 1.08. The summed E-state index contributed by atoms with van der Waals surface area (Å²) in [5, 5.41) is 26.5. The number of carbonyl (C=O) groups excluding carboxylic acids is 1. The molecule has 274 valence electrons. The smallest absolute Gasteiger partial charge is 0.380 e. The molecule has 0 bridgehead atoms. The molecule has 4 aromatic rings. The first-order valence-electron chi connectivity index (χ1n) is 17.9. The number of nitrogens with zero attached hydrogens (tertiary/aromatic N) is 5. The summed E-state index contributed by atoms with van der Waals surface area (Å²) in [5.74, 6) is -0.895. The van der Waals surface area contributed by atoms with Gasteiger partial charge in [0.05, 0.1) is 28.8 Å². The second-order valence-electron chi connectivity index (χ2n) is 15.5. The maximum Gasteiger partial charge on any atom is 0.417 e. The number of fused-ring (bicyclic) bond motifs is 2. The molecule has 2 aliphatic heterocycles. The molecule has 4 N–H and O–H groups in total. The summed E-state index contributed by atoms with van der Waals surface area (Å²) in [6.07, 6.45) is -2.77. The van der Waals surface area contributed by atoms with Crippen molar-refractivity contribution in [1.82, 2.24) is 24.0 Å². The lowest BCUT2D eigenvalue weighted by molar-refractivity contribution is -0.311. The number of benzene rings is 1. The number of nitrogens with two attached hydrogens (primary N) is 1. The van der Waals surface area contributed by atoms with Gasteiger partial charge in [-0.1, -0.05) is 0 Å². The molecule has 1 amide bonds. The maximum absolute atomic E-state index is 15.3. The molecule has 3 aromatic heterocycles. The molecular weight excluding hydrogens is 671 g/mol. The van der Waals surface area contributed by atoms with E-state index < -0.39 is 49.0 Å². The van der Waals surface area contributed by atoms with Crippen LogP contribution in [0.3, 0.4) is 0 Å². The van der Waals surface area contributed by atoms with E-state index in [1.807, 2.05) is 19.1 Å². The van der Waals surface area contributed by atoms with E-state index in [0.29, 0.717) is 43.1 Å². The van der Waals surface area contributed by atoms with Crippen LogP contribution in [0, 0.1) is 24.6 Å². The number of aliphatic hydroxyl groups is 2. The number of aliphatic hydroxyl groups excluding tert-OH is 1. The van der Waals surface area contributed by atoms with Crippen molar-refractivity contribution in [3.63, 3.8) is 0 Å². The number of hydrogen-bond acceptors (Lipinski definition) is 6. The van der Waals surface area contributed by atoms with Crippen molar-refractivity contribution in [2.45, 2.75) is 94.6 Å². The number of piperidine rings is 2. The standard InChI is InChI=1S/C37H43F5N6O3/c1-20-30-5-4-23(34(49)46-18-27(39)12-28(43)19-46)17-48(30)44-32(20)31-11-24-10-26(38)13-29(33(24)47(31)16-21-2-3-21)22-6-8-45(9-7-22)35(50)25-14-36(51,15-25)37(40,41)42/h4-5,10-11,13,17,21-22,25,27-28,35,50-51H,2-3,6-9,12,14-16,18-19,43H2,1H3/t25?,27-,28-,35?,36?/m1/s1. The first-order valence-corrected chi connectivity index (χ1v) is 17.9. The zero-order valence-corrected chi connectivity index (χ0v) is 28.4. The monoisotopic (exact) mass is 714 g/mol. The van der Waals surface area contributed by atoms with Crippen LogP contribution in [-0.2, 0) is 6.54 Å². The Kier molecular flexibility index (Phi) is 8.47. The fourth-order valence-corrected chi connectivity index (χ4v) is 8.65. The summed E-state index contributed by atoms with van der Waals surface area (Å²) in [6, 6.07) is 8.24. The van der Waals surface area contributed by atoms with Crippen molar-refractivity contribution < 1.29 is 37.0 Å². The Morgan fingerprint density at radius 3 is 2.49 bits per heavy atom. The molecule has 14 heteroatoms. The zero-order chi connectivity index (χ0) is 36.0. The van der Waals surface area contributed by atoms with Crippen LogP contribution in [0.2, 0.25) is 0 Å². The van der Waals surface area contributed by atoms with Gasteiger partial charge in [0.25, 0.3) is 5.91 Å². The van der Waals surface area contributed by atoms with Gasteiger partial charge in [0, 0.05) is 55.3 Å². The van der Waals surface area contributed by atoms with Gasteiger partial charge < -0.3 is 25.4 Å². The molecule has 8 rings (SSSR count). The minimum atomic E-state index is -4.72. The first kappa shape index (κ1) is 34.5. The highest BCUT2D eigenvalue weighted by molar-refractivity contribution is 5.95. The second-order valence-corrected chi connectivity index (χ2v) is 15.5. The molecule has 2 saturated heterocycles. The number of halogens is 5. The topological polar surface area (TPSA) is 112 Å².